The highest BCUT2D eigenvalue weighted by molar-refractivity contribution is 6.05. The van der Waals surface area contributed by atoms with Gasteiger partial charge >= 0.3 is 6.18 Å². The van der Waals surface area contributed by atoms with Crippen LogP contribution in [0.4, 0.5) is 18.9 Å². The van der Waals surface area contributed by atoms with Crippen molar-refractivity contribution < 1.29 is 18.0 Å². The number of para-hydroxylation sites is 1. The van der Waals surface area contributed by atoms with Crippen LogP contribution >= 0.6 is 0 Å². The van der Waals surface area contributed by atoms with Crippen LogP contribution in [0.1, 0.15) is 41.7 Å². The van der Waals surface area contributed by atoms with E-state index in [9.17, 15) is 18.0 Å². The Balaban J connectivity index is 1.26. The number of hydrogen-bond donors (Lipinski definition) is 2. The monoisotopic (exact) mass is 467 g/mol. The molecule has 0 atom stereocenters. The Morgan fingerprint density at radius 2 is 1.76 bits per heavy atom. The van der Waals surface area contributed by atoms with Gasteiger partial charge in [-0.1, -0.05) is 18.2 Å². The van der Waals surface area contributed by atoms with Gasteiger partial charge in [0.2, 0.25) is 0 Å². The number of pyridine rings is 2. The van der Waals surface area contributed by atoms with E-state index in [0.717, 1.165) is 42.8 Å². The second-order valence-electron chi connectivity index (χ2n) is 8.76. The Labute approximate surface area is 194 Å². The van der Waals surface area contributed by atoms with E-state index < -0.39 is 11.9 Å². The van der Waals surface area contributed by atoms with Crippen molar-refractivity contribution in [1.82, 2.24) is 19.9 Å². The molecular weight excluding hydrogens is 443 g/mol. The lowest BCUT2D eigenvalue weighted by Crippen LogP contribution is -2.40. The van der Waals surface area contributed by atoms with Crippen molar-refractivity contribution in [2.75, 3.05) is 5.32 Å². The average molecular weight is 467 g/mol. The first-order chi connectivity index (χ1) is 16.3. The molecule has 5 rings (SSSR count). The third kappa shape index (κ3) is 4.30. The van der Waals surface area contributed by atoms with Gasteiger partial charge in [0.1, 0.15) is 11.3 Å². The number of nitrogens with one attached hydrogen (secondary N) is 2. The van der Waals surface area contributed by atoms with E-state index in [4.69, 9.17) is 0 Å². The first kappa shape index (κ1) is 22.2. The molecule has 4 aromatic rings. The van der Waals surface area contributed by atoms with Crippen molar-refractivity contribution in [2.24, 2.45) is 7.05 Å². The number of alkyl halides is 3. The molecule has 1 saturated carbocycles. The maximum Gasteiger partial charge on any atom is 0.433 e. The van der Waals surface area contributed by atoms with Gasteiger partial charge in [-0.15, -0.1) is 0 Å². The summed E-state index contributed by atoms with van der Waals surface area (Å²) in [6, 6.07) is 11.5. The second kappa shape index (κ2) is 8.62. The van der Waals surface area contributed by atoms with Crippen LogP contribution in [0.25, 0.3) is 21.9 Å². The highest BCUT2D eigenvalue weighted by Gasteiger charge is 2.34. The molecule has 1 aromatic carbocycles. The molecule has 0 unspecified atom stereocenters. The van der Waals surface area contributed by atoms with Crippen molar-refractivity contribution >= 4 is 33.5 Å². The van der Waals surface area contributed by atoms with E-state index in [0.29, 0.717) is 22.2 Å². The quantitative estimate of drug-likeness (QED) is 0.428. The molecule has 3 aromatic heterocycles. The fraction of sp³-hybridized carbons (Fsp3) is 0.320. The molecule has 3 heterocycles. The average Bonchev–Trinajstić information content (AvgIpc) is 3.20. The molecular formula is C25H24F3N5O. The van der Waals surface area contributed by atoms with Gasteiger partial charge in [0.15, 0.2) is 0 Å². The Bertz CT molecular complexity index is 1360. The summed E-state index contributed by atoms with van der Waals surface area (Å²) in [5.74, 6) is -0.134. The zero-order valence-corrected chi connectivity index (χ0v) is 18.6. The highest BCUT2D eigenvalue weighted by atomic mass is 19.4. The SMILES string of the molecule is Cn1ccc2c(C(=O)NC3CCC(Nc4cc(C(F)(F)F)nc5ccccc45)CC3)ccnc21. The number of fused-ring (bicyclic) bond motifs is 2. The van der Waals surface area contributed by atoms with Crippen LogP contribution in [0.3, 0.4) is 0 Å². The Kier molecular flexibility index (Phi) is 5.63. The summed E-state index contributed by atoms with van der Waals surface area (Å²) in [6.07, 6.45) is 1.94. The van der Waals surface area contributed by atoms with Crippen LogP contribution in [0.5, 0.6) is 0 Å². The summed E-state index contributed by atoms with van der Waals surface area (Å²) >= 11 is 0. The molecule has 34 heavy (non-hydrogen) atoms. The first-order valence-corrected chi connectivity index (χ1v) is 11.2. The van der Waals surface area contributed by atoms with E-state index >= 15 is 0 Å². The van der Waals surface area contributed by atoms with Crippen LogP contribution < -0.4 is 10.6 Å². The van der Waals surface area contributed by atoms with E-state index in [1.54, 1.807) is 36.5 Å². The summed E-state index contributed by atoms with van der Waals surface area (Å²) in [5.41, 5.74) is 1.19. The zero-order chi connectivity index (χ0) is 23.9. The smallest absolute Gasteiger partial charge is 0.382 e. The molecule has 176 valence electrons. The Morgan fingerprint density at radius 1 is 1.03 bits per heavy atom. The minimum Gasteiger partial charge on any atom is -0.382 e. The summed E-state index contributed by atoms with van der Waals surface area (Å²) in [5, 5.41) is 7.89. The van der Waals surface area contributed by atoms with Gasteiger partial charge in [0.25, 0.3) is 5.91 Å². The van der Waals surface area contributed by atoms with Crippen LogP contribution in [0.2, 0.25) is 0 Å². The first-order valence-electron chi connectivity index (χ1n) is 11.2. The van der Waals surface area contributed by atoms with Crippen LogP contribution in [0.15, 0.2) is 54.9 Å². The predicted molar refractivity (Wildman–Crippen MR) is 125 cm³/mol. The van der Waals surface area contributed by atoms with Crippen molar-refractivity contribution in [1.29, 1.82) is 0 Å². The molecule has 0 bridgehead atoms. The number of carbonyl (C=O) groups excluding carboxylic acids is 1. The number of nitrogens with zero attached hydrogens (tertiary/aromatic N) is 3. The number of aromatic nitrogens is 3. The van der Waals surface area contributed by atoms with Crippen molar-refractivity contribution in [3.05, 3.63) is 66.1 Å². The maximum absolute atomic E-state index is 13.4. The topological polar surface area (TPSA) is 71.8 Å². The number of amides is 1. The van der Waals surface area contributed by atoms with Crippen LogP contribution in [0, 0.1) is 0 Å². The minimum absolute atomic E-state index is 0.0115. The Morgan fingerprint density at radius 3 is 2.53 bits per heavy atom. The van der Waals surface area contributed by atoms with Gasteiger partial charge in [0.05, 0.1) is 11.1 Å². The number of benzene rings is 1. The molecule has 2 N–H and O–H groups in total. The lowest BCUT2D eigenvalue weighted by atomic mass is 9.90. The lowest BCUT2D eigenvalue weighted by molar-refractivity contribution is -0.140. The molecule has 1 aliphatic rings. The van der Waals surface area contributed by atoms with Gasteiger partial charge in [-0.3, -0.25) is 4.79 Å². The standard InChI is InChI=1S/C25H24F3N5O/c1-33-13-11-17-18(10-12-29-23(17)33)24(34)31-16-8-6-15(7-9-16)30-21-14-22(25(26,27)28)32-20-5-3-2-4-19(20)21/h2-5,10-16H,6-9H2,1H3,(H,30,32)(H,31,34). The van der Waals surface area contributed by atoms with E-state index in [-0.39, 0.29) is 18.0 Å². The third-order valence-corrected chi connectivity index (χ3v) is 6.44. The molecule has 1 aliphatic carbocycles. The van der Waals surface area contributed by atoms with Crippen molar-refractivity contribution in [3.63, 3.8) is 0 Å². The van der Waals surface area contributed by atoms with E-state index in [2.05, 4.69) is 20.6 Å². The number of hydrogen-bond acceptors (Lipinski definition) is 4. The summed E-state index contributed by atoms with van der Waals surface area (Å²) in [6.45, 7) is 0. The largest absolute Gasteiger partial charge is 0.433 e. The molecule has 6 nitrogen and oxygen atoms in total. The van der Waals surface area contributed by atoms with Crippen molar-refractivity contribution in [2.45, 2.75) is 43.9 Å². The molecule has 9 heteroatoms. The molecule has 0 spiro atoms. The van der Waals surface area contributed by atoms with Gasteiger partial charge in [-0.2, -0.15) is 13.2 Å². The van der Waals surface area contributed by atoms with Gasteiger partial charge in [-0.05, 0) is 49.9 Å². The lowest BCUT2D eigenvalue weighted by Gasteiger charge is -2.30. The second-order valence-corrected chi connectivity index (χ2v) is 8.76. The number of anilines is 1. The van der Waals surface area contributed by atoms with E-state index in [1.165, 1.54) is 0 Å². The van der Waals surface area contributed by atoms with Crippen LogP contribution in [-0.2, 0) is 13.2 Å². The maximum atomic E-state index is 13.4. The van der Waals surface area contributed by atoms with Crippen molar-refractivity contribution in [3.8, 4) is 0 Å². The predicted octanol–water partition coefficient (Wildman–Crippen LogP) is 5.29. The summed E-state index contributed by atoms with van der Waals surface area (Å²) in [7, 11) is 1.88. The third-order valence-electron chi connectivity index (χ3n) is 6.44. The number of rotatable bonds is 4. The molecule has 0 saturated heterocycles. The fourth-order valence-corrected chi connectivity index (χ4v) is 4.67. The normalized spacial score (nSPS) is 18.8. The summed E-state index contributed by atoms with van der Waals surface area (Å²) in [4.78, 5) is 21.0. The highest BCUT2D eigenvalue weighted by Crippen LogP contribution is 2.34. The van der Waals surface area contributed by atoms with E-state index in [1.807, 2.05) is 23.9 Å². The summed E-state index contributed by atoms with van der Waals surface area (Å²) < 4.78 is 41.9. The number of carbonyl (C=O) groups is 1. The van der Waals surface area contributed by atoms with Gasteiger partial charge in [-0.25, -0.2) is 9.97 Å². The Hall–Kier alpha value is -3.62. The van der Waals surface area contributed by atoms with Gasteiger partial charge in [0, 0.05) is 48.0 Å². The molecule has 0 aliphatic heterocycles. The molecule has 0 radical (unpaired) electrons. The number of aryl methyl sites for hydroxylation is 1. The zero-order valence-electron chi connectivity index (χ0n) is 18.6. The molecule has 1 fully saturated rings. The molecule has 1 amide bonds. The fourth-order valence-electron chi connectivity index (χ4n) is 4.67. The van der Waals surface area contributed by atoms with Gasteiger partial charge < -0.3 is 15.2 Å². The minimum atomic E-state index is -4.51. The number of halogens is 3. The van der Waals surface area contributed by atoms with Crippen LogP contribution in [-0.4, -0.2) is 32.5 Å².